The van der Waals surface area contributed by atoms with Gasteiger partial charge in [-0.3, -0.25) is 9.36 Å². The number of hydrogen-bond donors (Lipinski definition) is 0. The highest BCUT2D eigenvalue weighted by Gasteiger charge is 2.31. The molecule has 19 heavy (non-hydrogen) atoms. The van der Waals surface area contributed by atoms with Crippen LogP contribution >= 0.6 is 31.9 Å². The van der Waals surface area contributed by atoms with E-state index in [1.165, 1.54) is 0 Å². The van der Waals surface area contributed by atoms with Crippen molar-refractivity contribution in [2.24, 2.45) is 0 Å². The maximum Gasteiger partial charge on any atom is 0.417 e. The molecule has 0 aliphatic carbocycles. The summed E-state index contributed by atoms with van der Waals surface area (Å²) in [6.07, 6.45) is -3.71. The van der Waals surface area contributed by atoms with Gasteiger partial charge in [-0.05, 0) is 50.1 Å². The molecule has 0 fully saturated rings. The fourth-order valence-electron chi connectivity index (χ4n) is 1.55. The largest absolute Gasteiger partial charge is 0.417 e. The minimum atomic E-state index is -4.50. The topological polar surface area (TPSA) is 22.0 Å². The number of halogens is 5. The molecule has 1 aromatic carbocycles. The Hall–Kier alpha value is -1.08. The number of para-hydroxylation sites is 1. The first-order chi connectivity index (χ1) is 8.80. The SMILES string of the molecule is O=c1ccc(C(F)(F)F)cn1-c1c(Br)cccc1Br. The fraction of sp³-hybridized carbons (Fsp3) is 0.0833. The van der Waals surface area contributed by atoms with Gasteiger partial charge in [0.05, 0.1) is 11.3 Å². The van der Waals surface area contributed by atoms with E-state index in [0.29, 0.717) is 14.6 Å². The molecule has 0 spiro atoms. The maximum atomic E-state index is 12.7. The zero-order valence-corrected chi connectivity index (χ0v) is 12.4. The van der Waals surface area contributed by atoms with Crippen LogP contribution in [-0.2, 0) is 6.18 Å². The summed E-state index contributed by atoms with van der Waals surface area (Å²) in [5, 5.41) is 0. The second kappa shape index (κ2) is 5.13. The van der Waals surface area contributed by atoms with Gasteiger partial charge in [0.15, 0.2) is 0 Å². The summed E-state index contributed by atoms with van der Waals surface area (Å²) in [6.45, 7) is 0. The van der Waals surface area contributed by atoms with E-state index < -0.39 is 17.3 Å². The van der Waals surface area contributed by atoms with Crippen LogP contribution in [0.1, 0.15) is 5.56 Å². The summed E-state index contributed by atoms with van der Waals surface area (Å²) >= 11 is 6.44. The van der Waals surface area contributed by atoms with Gasteiger partial charge in [0.2, 0.25) is 0 Å². The number of aromatic nitrogens is 1. The summed E-state index contributed by atoms with van der Waals surface area (Å²) in [4.78, 5) is 11.8. The highest BCUT2D eigenvalue weighted by Crippen LogP contribution is 2.31. The summed E-state index contributed by atoms with van der Waals surface area (Å²) < 4.78 is 40.0. The van der Waals surface area contributed by atoms with Crippen LogP contribution < -0.4 is 5.56 Å². The van der Waals surface area contributed by atoms with Crippen molar-refractivity contribution in [3.63, 3.8) is 0 Å². The molecule has 1 aromatic heterocycles. The van der Waals surface area contributed by atoms with Crippen molar-refractivity contribution >= 4 is 31.9 Å². The van der Waals surface area contributed by atoms with Gasteiger partial charge >= 0.3 is 6.18 Å². The van der Waals surface area contributed by atoms with Gasteiger partial charge in [-0.2, -0.15) is 13.2 Å². The first-order valence-corrected chi connectivity index (χ1v) is 6.63. The van der Waals surface area contributed by atoms with Gasteiger partial charge in [0.1, 0.15) is 0 Å². The lowest BCUT2D eigenvalue weighted by Gasteiger charge is -2.13. The highest BCUT2D eigenvalue weighted by atomic mass is 79.9. The zero-order chi connectivity index (χ0) is 14.2. The molecule has 7 heteroatoms. The fourth-order valence-corrected chi connectivity index (χ4v) is 2.93. The van der Waals surface area contributed by atoms with Gasteiger partial charge in [-0.1, -0.05) is 6.07 Å². The number of alkyl halides is 3. The summed E-state index contributed by atoms with van der Waals surface area (Å²) in [6, 6.07) is 6.66. The molecule has 0 aliphatic heterocycles. The Morgan fingerprint density at radius 2 is 1.58 bits per heavy atom. The molecule has 0 unspecified atom stereocenters. The van der Waals surface area contributed by atoms with Crippen LogP contribution in [0.5, 0.6) is 0 Å². The Morgan fingerprint density at radius 1 is 1.00 bits per heavy atom. The standard InChI is InChI=1S/C12H6Br2F3NO/c13-8-2-1-3-9(14)11(8)18-6-7(12(15,16)17)4-5-10(18)19/h1-6H. The minimum Gasteiger partial charge on any atom is -0.281 e. The van der Waals surface area contributed by atoms with Crippen LogP contribution in [0.3, 0.4) is 0 Å². The molecule has 1 heterocycles. The molecule has 2 aromatic rings. The van der Waals surface area contributed by atoms with Crippen molar-refractivity contribution in [1.29, 1.82) is 0 Å². The van der Waals surface area contributed by atoms with Crippen molar-refractivity contribution in [3.8, 4) is 5.69 Å². The minimum absolute atomic E-state index is 0.332. The number of hydrogen-bond acceptors (Lipinski definition) is 1. The number of rotatable bonds is 1. The average molecular weight is 397 g/mol. The van der Waals surface area contributed by atoms with E-state index in [1.807, 2.05) is 0 Å². The van der Waals surface area contributed by atoms with Crippen LogP contribution in [0.2, 0.25) is 0 Å². The molecule has 0 bridgehead atoms. The molecule has 0 N–H and O–H groups in total. The van der Waals surface area contributed by atoms with Gasteiger partial charge in [0, 0.05) is 21.2 Å². The van der Waals surface area contributed by atoms with Crippen molar-refractivity contribution in [2.45, 2.75) is 6.18 Å². The third-order valence-corrected chi connectivity index (χ3v) is 3.70. The van der Waals surface area contributed by atoms with E-state index in [-0.39, 0.29) is 0 Å². The Balaban J connectivity index is 2.72. The molecular formula is C12H6Br2F3NO. The van der Waals surface area contributed by atoms with Gasteiger partial charge in [-0.25, -0.2) is 0 Å². The number of benzene rings is 1. The molecule has 0 saturated heterocycles. The van der Waals surface area contributed by atoms with Crippen LogP contribution in [0.4, 0.5) is 13.2 Å². The van der Waals surface area contributed by atoms with E-state index >= 15 is 0 Å². The van der Waals surface area contributed by atoms with E-state index in [1.54, 1.807) is 18.2 Å². The number of nitrogens with zero attached hydrogens (tertiary/aromatic N) is 1. The molecule has 0 radical (unpaired) electrons. The summed E-state index contributed by atoms with van der Waals surface area (Å²) in [5.74, 6) is 0. The van der Waals surface area contributed by atoms with Crippen molar-refractivity contribution < 1.29 is 13.2 Å². The average Bonchev–Trinajstić information content (AvgIpc) is 2.29. The maximum absolute atomic E-state index is 12.7. The quantitative estimate of drug-likeness (QED) is 0.701. The number of pyridine rings is 1. The van der Waals surface area contributed by atoms with E-state index in [4.69, 9.17) is 0 Å². The van der Waals surface area contributed by atoms with E-state index in [2.05, 4.69) is 31.9 Å². The van der Waals surface area contributed by atoms with Crippen LogP contribution in [0.15, 0.2) is 50.3 Å². The van der Waals surface area contributed by atoms with Crippen molar-refractivity contribution in [2.75, 3.05) is 0 Å². The Bertz CT molecular complexity index is 659. The van der Waals surface area contributed by atoms with Gasteiger partial charge in [-0.15, -0.1) is 0 Å². The first kappa shape index (κ1) is 14.3. The van der Waals surface area contributed by atoms with Crippen molar-refractivity contribution in [1.82, 2.24) is 4.57 Å². The lowest BCUT2D eigenvalue weighted by atomic mass is 10.2. The van der Waals surface area contributed by atoms with Crippen molar-refractivity contribution in [3.05, 3.63) is 61.4 Å². The van der Waals surface area contributed by atoms with E-state index in [9.17, 15) is 18.0 Å². The molecule has 0 amide bonds. The monoisotopic (exact) mass is 395 g/mol. The Kier molecular flexibility index (Phi) is 3.87. The summed E-state index contributed by atoms with van der Waals surface area (Å²) in [7, 11) is 0. The molecule has 2 nitrogen and oxygen atoms in total. The normalized spacial score (nSPS) is 11.6. The predicted molar refractivity (Wildman–Crippen MR) is 72.4 cm³/mol. The summed E-state index contributed by atoms with van der Waals surface area (Å²) in [5.41, 5.74) is -1.09. The second-order valence-electron chi connectivity index (χ2n) is 3.69. The molecular weight excluding hydrogens is 391 g/mol. The Labute approximate surface area is 123 Å². The molecule has 2 rings (SSSR count). The molecule has 0 atom stereocenters. The predicted octanol–water partition coefficient (Wildman–Crippen LogP) is 4.38. The lowest BCUT2D eigenvalue weighted by Crippen LogP contribution is -2.20. The van der Waals surface area contributed by atoms with Gasteiger partial charge in [0.25, 0.3) is 5.56 Å². The first-order valence-electron chi connectivity index (χ1n) is 5.05. The van der Waals surface area contributed by atoms with Crippen LogP contribution in [-0.4, -0.2) is 4.57 Å². The Morgan fingerprint density at radius 3 is 2.11 bits per heavy atom. The van der Waals surface area contributed by atoms with Gasteiger partial charge < -0.3 is 0 Å². The van der Waals surface area contributed by atoms with E-state index in [0.717, 1.165) is 22.9 Å². The highest BCUT2D eigenvalue weighted by molar-refractivity contribution is 9.11. The molecule has 0 aliphatic rings. The third kappa shape index (κ3) is 2.92. The third-order valence-electron chi connectivity index (χ3n) is 2.42. The molecule has 0 saturated carbocycles. The molecule has 100 valence electrons. The lowest BCUT2D eigenvalue weighted by molar-refractivity contribution is -0.138. The second-order valence-corrected chi connectivity index (χ2v) is 5.40. The van der Waals surface area contributed by atoms with Crippen LogP contribution in [0, 0.1) is 0 Å². The van der Waals surface area contributed by atoms with Crippen LogP contribution in [0.25, 0.3) is 5.69 Å². The smallest absolute Gasteiger partial charge is 0.281 e. The zero-order valence-electron chi connectivity index (χ0n) is 9.21.